The molecule has 0 fully saturated rings. The molecule has 0 spiro atoms. The monoisotopic (exact) mass is 411 g/mol. The van der Waals surface area contributed by atoms with Crippen molar-refractivity contribution in [1.29, 1.82) is 0 Å². The third-order valence-electron chi connectivity index (χ3n) is 6.52. The van der Waals surface area contributed by atoms with E-state index in [0.717, 1.165) is 47.5 Å². The number of aromatic nitrogens is 2. The van der Waals surface area contributed by atoms with Crippen molar-refractivity contribution in [2.75, 3.05) is 18.5 Å². The molecular formula is C26H25N3O2. The Balaban J connectivity index is 1.40. The van der Waals surface area contributed by atoms with Crippen LogP contribution in [-0.4, -0.2) is 23.2 Å². The molecule has 2 atom stereocenters. The van der Waals surface area contributed by atoms with E-state index in [1.54, 1.807) is 12.4 Å². The smallest absolute Gasteiger partial charge is 0.156 e. The van der Waals surface area contributed by atoms with Crippen LogP contribution in [0, 0.1) is 0 Å². The summed E-state index contributed by atoms with van der Waals surface area (Å²) in [7, 11) is 0. The van der Waals surface area contributed by atoms with Crippen LogP contribution in [0.5, 0.6) is 0 Å². The van der Waals surface area contributed by atoms with Gasteiger partial charge in [-0.1, -0.05) is 30.3 Å². The van der Waals surface area contributed by atoms with Gasteiger partial charge in [-0.2, -0.15) is 0 Å². The molecule has 1 aliphatic heterocycles. The van der Waals surface area contributed by atoms with E-state index in [1.807, 2.05) is 0 Å². The third kappa shape index (κ3) is 3.44. The molecule has 0 amide bonds. The first-order valence-corrected chi connectivity index (χ1v) is 11.1. The van der Waals surface area contributed by atoms with E-state index in [4.69, 9.17) is 9.47 Å². The summed E-state index contributed by atoms with van der Waals surface area (Å²) >= 11 is 0. The Morgan fingerprint density at radius 3 is 2.71 bits per heavy atom. The minimum Gasteiger partial charge on any atom is -0.490 e. The zero-order chi connectivity index (χ0) is 20.6. The lowest BCUT2D eigenvalue weighted by Gasteiger charge is -2.31. The number of fused-ring (bicyclic) bond motifs is 2. The molecule has 1 N–H and O–H groups in total. The molecule has 5 heteroatoms. The standard InChI is InChI=1S/C26H25N3O2/c1-2-6-19-17(4-1)5-3-7-21(19)29-22-16-24-23(27-10-11-28-24)15-20(22)18-8-9-25-26(14-18)31-13-12-30-25/h1-2,4,6,8-11,15-16,18,21,29H,3,5,7,12-14H2/t18?,21-/m1/s1. The first-order chi connectivity index (χ1) is 15.3. The number of nitrogens with zero attached hydrogens (tertiary/aromatic N) is 2. The van der Waals surface area contributed by atoms with Gasteiger partial charge in [-0.25, -0.2) is 0 Å². The second-order valence-corrected chi connectivity index (χ2v) is 8.43. The molecule has 1 unspecified atom stereocenters. The summed E-state index contributed by atoms with van der Waals surface area (Å²) in [6, 6.07) is 13.4. The number of aryl methyl sites for hydroxylation is 1. The lowest BCUT2D eigenvalue weighted by molar-refractivity contribution is 0.0617. The number of hydrogen-bond donors (Lipinski definition) is 1. The molecule has 0 bridgehead atoms. The third-order valence-corrected chi connectivity index (χ3v) is 6.52. The van der Waals surface area contributed by atoms with Gasteiger partial charge in [-0.05, 0) is 54.2 Å². The van der Waals surface area contributed by atoms with Crippen molar-refractivity contribution in [2.45, 2.75) is 37.6 Å². The van der Waals surface area contributed by atoms with E-state index in [-0.39, 0.29) is 5.92 Å². The topological polar surface area (TPSA) is 56.3 Å². The summed E-state index contributed by atoms with van der Waals surface area (Å²) in [6.45, 7) is 1.24. The van der Waals surface area contributed by atoms with Gasteiger partial charge < -0.3 is 14.8 Å². The Bertz CT molecular complexity index is 1200. The summed E-state index contributed by atoms with van der Waals surface area (Å²) < 4.78 is 11.7. The number of hydrogen-bond acceptors (Lipinski definition) is 5. The molecule has 0 saturated carbocycles. The first kappa shape index (κ1) is 18.4. The molecule has 5 nitrogen and oxygen atoms in total. The maximum atomic E-state index is 5.91. The number of anilines is 1. The largest absolute Gasteiger partial charge is 0.490 e. The van der Waals surface area contributed by atoms with Crippen molar-refractivity contribution >= 4 is 16.7 Å². The van der Waals surface area contributed by atoms with Crippen LogP contribution >= 0.6 is 0 Å². The molecule has 2 aliphatic carbocycles. The van der Waals surface area contributed by atoms with Crippen LogP contribution in [0.1, 0.15) is 47.9 Å². The van der Waals surface area contributed by atoms with Crippen LogP contribution in [0.4, 0.5) is 5.69 Å². The molecule has 6 rings (SSSR count). The van der Waals surface area contributed by atoms with E-state index >= 15 is 0 Å². The minimum atomic E-state index is 0.202. The quantitative estimate of drug-likeness (QED) is 0.624. The van der Waals surface area contributed by atoms with Crippen LogP contribution in [-0.2, 0) is 15.9 Å². The van der Waals surface area contributed by atoms with Crippen molar-refractivity contribution in [2.24, 2.45) is 0 Å². The van der Waals surface area contributed by atoms with E-state index in [9.17, 15) is 0 Å². The number of benzene rings is 2. The molecule has 0 saturated heterocycles. The van der Waals surface area contributed by atoms with E-state index in [2.05, 4.69) is 63.8 Å². The normalized spacial score (nSPS) is 22.3. The van der Waals surface area contributed by atoms with Crippen LogP contribution < -0.4 is 5.32 Å². The van der Waals surface area contributed by atoms with Gasteiger partial charge in [0.25, 0.3) is 0 Å². The highest BCUT2D eigenvalue weighted by Crippen LogP contribution is 2.40. The Kier molecular flexibility index (Phi) is 4.59. The van der Waals surface area contributed by atoms with Gasteiger partial charge >= 0.3 is 0 Å². The number of ether oxygens (including phenoxy) is 2. The van der Waals surface area contributed by atoms with Crippen LogP contribution in [0.2, 0.25) is 0 Å². The maximum absolute atomic E-state index is 5.91. The Labute approximate surface area is 181 Å². The van der Waals surface area contributed by atoms with Gasteiger partial charge in [0.2, 0.25) is 0 Å². The molecule has 3 aromatic rings. The van der Waals surface area contributed by atoms with E-state index in [0.29, 0.717) is 19.3 Å². The fourth-order valence-corrected chi connectivity index (χ4v) is 5.00. The highest BCUT2D eigenvalue weighted by molar-refractivity contribution is 5.81. The van der Waals surface area contributed by atoms with Gasteiger partial charge in [0, 0.05) is 30.4 Å². The average molecular weight is 412 g/mol. The van der Waals surface area contributed by atoms with Gasteiger partial charge in [0.1, 0.15) is 19.0 Å². The fraction of sp³-hybridized carbons (Fsp3) is 0.308. The van der Waals surface area contributed by atoms with E-state index < -0.39 is 0 Å². The van der Waals surface area contributed by atoms with Crippen LogP contribution in [0.3, 0.4) is 0 Å². The summed E-state index contributed by atoms with van der Waals surface area (Å²) in [5.41, 5.74) is 7.05. The highest BCUT2D eigenvalue weighted by Gasteiger charge is 2.27. The maximum Gasteiger partial charge on any atom is 0.156 e. The Morgan fingerprint density at radius 1 is 0.935 bits per heavy atom. The number of allylic oxidation sites excluding steroid dienone is 3. The van der Waals surface area contributed by atoms with Crippen molar-refractivity contribution in [1.82, 2.24) is 9.97 Å². The van der Waals surface area contributed by atoms with Gasteiger partial charge in [0.15, 0.2) is 5.76 Å². The molecule has 1 aromatic heterocycles. The number of rotatable bonds is 3. The van der Waals surface area contributed by atoms with E-state index in [1.165, 1.54) is 23.1 Å². The zero-order valence-corrected chi connectivity index (χ0v) is 17.4. The Hall–Kier alpha value is -3.34. The van der Waals surface area contributed by atoms with Crippen molar-refractivity contribution < 1.29 is 9.47 Å². The second-order valence-electron chi connectivity index (χ2n) is 8.43. The molecule has 156 valence electrons. The summed E-state index contributed by atoms with van der Waals surface area (Å²) in [6.07, 6.45) is 12.1. The number of nitrogens with one attached hydrogen (secondary N) is 1. The highest BCUT2D eigenvalue weighted by atomic mass is 16.6. The molecule has 2 aromatic carbocycles. The summed E-state index contributed by atoms with van der Waals surface area (Å²) in [4.78, 5) is 9.12. The average Bonchev–Trinajstić information content (AvgIpc) is 2.83. The minimum absolute atomic E-state index is 0.202. The SMILES string of the molecule is C1=CC(c2cc3nccnc3cc2N[C@@H]2CCCc3ccccc32)CC2=C1OCCO2. The molecule has 0 radical (unpaired) electrons. The lowest BCUT2D eigenvalue weighted by Crippen LogP contribution is -2.20. The molecule has 2 heterocycles. The fourth-order valence-electron chi connectivity index (χ4n) is 5.00. The van der Waals surface area contributed by atoms with Gasteiger partial charge in [-0.15, -0.1) is 0 Å². The molecule has 3 aliphatic rings. The lowest BCUT2D eigenvalue weighted by atomic mass is 9.86. The van der Waals surface area contributed by atoms with Gasteiger partial charge in [0.05, 0.1) is 17.1 Å². The zero-order valence-electron chi connectivity index (χ0n) is 17.4. The molecular weight excluding hydrogens is 386 g/mol. The van der Waals surface area contributed by atoms with Crippen molar-refractivity contribution in [3.05, 3.63) is 89.2 Å². The van der Waals surface area contributed by atoms with Crippen molar-refractivity contribution in [3.63, 3.8) is 0 Å². The summed E-state index contributed by atoms with van der Waals surface area (Å²) in [5, 5.41) is 3.88. The van der Waals surface area contributed by atoms with Crippen LogP contribution in [0.25, 0.3) is 11.0 Å². The predicted molar refractivity (Wildman–Crippen MR) is 121 cm³/mol. The molecule has 31 heavy (non-hydrogen) atoms. The second kappa shape index (κ2) is 7.73. The first-order valence-electron chi connectivity index (χ1n) is 11.1. The van der Waals surface area contributed by atoms with Crippen molar-refractivity contribution in [3.8, 4) is 0 Å². The Morgan fingerprint density at radius 2 is 1.77 bits per heavy atom. The van der Waals surface area contributed by atoms with Gasteiger partial charge in [-0.3, -0.25) is 9.97 Å². The summed E-state index contributed by atoms with van der Waals surface area (Å²) in [5.74, 6) is 2.03. The van der Waals surface area contributed by atoms with Crippen LogP contribution in [0.15, 0.2) is 72.5 Å². The predicted octanol–water partition coefficient (Wildman–Crippen LogP) is 5.42.